The zero-order valence-electron chi connectivity index (χ0n) is 8.34. The number of esters is 1. The third-order valence-electron chi connectivity index (χ3n) is 2.01. The maximum absolute atomic E-state index is 11.0. The van der Waals surface area contributed by atoms with Crippen LogP contribution in [0.4, 0.5) is 0 Å². The van der Waals surface area contributed by atoms with Gasteiger partial charge in [-0.2, -0.15) is 0 Å². The zero-order chi connectivity index (χ0) is 11.3. The molecule has 1 aromatic rings. The van der Waals surface area contributed by atoms with E-state index in [1.807, 2.05) is 0 Å². The minimum absolute atomic E-state index is 0.0395. The van der Waals surface area contributed by atoms with Crippen LogP contribution in [0.25, 0.3) is 0 Å². The number of carbonyl (C=O) groups excluding carboxylic acids is 1. The van der Waals surface area contributed by atoms with E-state index in [0.29, 0.717) is 5.56 Å². The van der Waals surface area contributed by atoms with Crippen molar-refractivity contribution < 1.29 is 19.5 Å². The van der Waals surface area contributed by atoms with Crippen LogP contribution in [0.3, 0.4) is 0 Å². The van der Waals surface area contributed by atoms with Gasteiger partial charge in [-0.15, -0.1) is 0 Å². The highest BCUT2D eigenvalue weighted by Crippen LogP contribution is 2.22. The van der Waals surface area contributed by atoms with Crippen molar-refractivity contribution in [3.8, 4) is 5.75 Å². The summed E-state index contributed by atoms with van der Waals surface area (Å²) >= 11 is 0. The highest BCUT2D eigenvalue weighted by molar-refractivity contribution is 5.70. The molecule has 0 heterocycles. The average Bonchev–Trinajstić information content (AvgIpc) is 2.27. The van der Waals surface area contributed by atoms with E-state index in [4.69, 9.17) is 11.0 Å². The number of benzene rings is 1. The monoisotopic (exact) mass is 211 g/mol. The summed E-state index contributed by atoms with van der Waals surface area (Å²) in [4.78, 5) is 15.7. The van der Waals surface area contributed by atoms with Crippen molar-refractivity contribution in [2.75, 3.05) is 7.11 Å². The van der Waals surface area contributed by atoms with Gasteiger partial charge in [0.25, 0.3) is 0 Å². The number of hydrogen-bond donors (Lipinski definition) is 2. The van der Waals surface area contributed by atoms with Gasteiger partial charge in [0.05, 0.1) is 13.5 Å². The van der Waals surface area contributed by atoms with Crippen molar-refractivity contribution in [1.82, 2.24) is 0 Å². The van der Waals surface area contributed by atoms with Crippen LogP contribution in [0.2, 0.25) is 0 Å². The molecule has 1 unspecified atom stereocenters. The largest absolute Gasteiger partial charge is 0.508 e. The molecular formula is C10H13NO4. The fourth-order valence-corrected chi connectivity index (χ4v) is 1.17. The van der Waals surface area contributed by atoms with Gasteiger partial charge in [-0.05, 0) is 17.7 Å². The van der Waals surface area contributed by atoms with Gasteiger partial charge in [0.15, 0.2) is 0 Å². The molecular weight excluding hydrogens is 198 g/mol. The second kappa shape index (κ2) is 5.33. The van der Waals surface area contributed by atoms with Gasteiger partial charge >= 0.3 is 5.97 Å². The molecule has 0 radical (unpaired) electrons. The molecule has 5 nitrogen and oxygen atoms in total. The van der Waals surface area contributed by atoms with Crippen LogP contribution in [0.1, 0.15) is 18.1 Å². The Bertz CT molecular complexity index is 323. The minimum Gasteiger partial charge on any atom is -0.508 e. The number of nitrogens with two attached hydrogens (primary N) is 1. The van der Waals surface area contributed by atoms with E-state index in [2.05, 4.69) is 9.57 Å². The van der Waals surface area contributed by atoms with E-state index in [1.165, 1.54) is 19.2 Å². The number of phenolic OH excluding ortho intramolecular Hbond substituents is 1. The first-order valence-corrected chi connectivity index (χ1v) is 4.38. The molecule has 0 amide bonds. The fraction of sp³-hybridized carbons (Fsp3) is 0.300. The molecule has 0 aliphatic heterocycles. The lowest BCUT2D eigenvalue weighted by Gasteiger charge is -2.13. The number of phenols is 1. The van der Waals surface area contributed by atoms with Crippen LogP contribution >= 0.6 is 0 Å². The van der Waals surface area contributed by atoms with Gasteiger partial charge in [0, 0.05) is 0 Å². The molecule has 1 atom stereocenters. The number of carbonyl (C=O) groups is 1. The second-order valence-electron chi connectivity index (χ2n) is 3.00. The van der Waals surface area contributed by atoms with Crippen molar-refractivity contribution in [2.24, 2.45) is 5.90 Å². The summed E-state index contributed by atoms with van der Waals surface area (Å²) in [5, 5.41) is 9.08. The molecule has 1 aromatic carbocycles. The minimum atomic E-state index is -0.557. The topological polar surface area (TPSA) is 81.8 Å². The lowest BCUT2D eigenvalue weighted by atomic mass is 10.1. The summed E-state index contributed by atoms with van der Waals surface area (Å²) < 4.78 is 4.50. The first kappa shape index (κ1) is 11.5. The standard InChI is InChI=1S/C10H13NO4/c1-14-10(13)6-9(15-11)7-2-4-8(12)5-3-7/h2-5,9,12H,6,11H2,1H3. The van der Waals surface area contributed by atoms with Crippen molar-refractivity contribution in [1.29, 1.82) is 0 Å². The molecule has 0 aliphatic carbocycles. The number of hydrogen-bond acceptors (Lipinski definition) is 5. The molecule has 0 aromatic heterocycles. The summed E-state index contributed by atoms with van der Waals surface area (Å²) in [5.41, 5.74) is 0.709. The van der Waals surface area contributed by atoms with Crippen LogP contribution in [0.5, 0.6) is 5.75 Å². The van der Waals surface area contributed by atoms with E-state index in [9.17, 15) is 4.79 Å². The molecule has 0 saturated heterocycles. The number of ether oxygens (including phenoxy) is 1. The maximum atomic E-state index is 11.0. The van der Waals surface area contributed by atoms with Gasteiger partial charge < -0.3 is 9.84 Å². The molecule has 3 N–H and O–H groups in total. The summed E-state index contributed by atoms with van der Waals surface area (Å²) in [7, 11) is 1.30. The summed E-state index contributed by atoms with van der Waals surface area (Å²) in [6, 6.07) is 6.27. The Morgan fingerprint density at radius 1 is 1.47 bits per heavy atom. The molecule has 5 heteroatoms. The Morgan fingerprint density at radius 3 is 2.53 bits per heavy atom. The average molecular weight is 211 g/mol. The predicted octanol–water partition coefficient (Wildman–Crippen LogP) is 0.887. The smallest absolute Gasteiger partial charge is 0.308 e. The van der Waals surface area contributed by atoms with Crippen LogP contribution < -0.4 is 5.90 Å². The van der Waals surface area contributed by atoms with Crippen molar-refractivity contribution >= 4 is 5.97 Å². The molecule has 0 bridgehead atoms. The van der Waals surface area contributed by atoms with E-state index >= 15 is 0 Å². The zero-order valence-corrected chi connectivity index (χ0v) is 8.34. The first-order valence-electron chi connectivity index (χ1n) is 4.38. The molecule has 15 heavy (non-hydrogen) atoms. The SMILES string of the molecule is COC(=O)CC(ON)c1ccc(O)cc1. The first-order chi connectivity index (χ1) is 7.17. The highest BCUT2D eigenvalue weighted by atomic mass is 16.6. The molecule has 0 spiro atoms. The number of rotatable bonds is 4. The summed E-state index contributed by atoms with van der Waals surface area (Å²) in [6.07, 6.45) is -0.518. The summed E-state index contributed by atoms with van der Waals surface area (Å²) in [5.74, 6) is 4.82. The van der Waals surface area contributed by atoms with Crippen LogP contribution in [-0.2, 0) is 14.4 Å². The Kier molecular flexibility index (Phi) is 4.08. The Hall–Kier alpha value is -1.59. The van der Waals surface area contributed by atoms with E-state index in [-0.39, 0.29) is 12.2 Å². The van der Waals surface area contributed by atoms with Crippen LogP contribution in [0.15, 0.2) is 24.3 Å². The summed E-state index contributed by atoms with van der Waals surface area (Å²) in [6.45, 7) is 0. The molecule has 82 valence electrons. The van der Waals surface area contributed by atoms with E-state index in [1.54, 1.807) is 12.1 Å². The van der Waals surface area contributed by atoms with Gasteiger partial charge in [-0.25, -0.2) is 5.90 Å². The normalized spacial score (nSPS) is 12.1. The molecule has 0 fully saturated rings. The van der Waals surface area contributed by atoms with Crippen LogP contribution in [0, 0.1) is 0 Å². The number of methoxy groups -OCH3 is 1. The van der Waals surface area contributed by atoms with E-state index < -0.39 is 12.1 Å². The third kappa shape index (κ3) is 3.23. The Labute approximate surface area is 87.4 Å². The maximum Gasteiger partial charge on any atom is 0.308 e. The van der Waals surface area contributed by atoms with Gasteiger partial charge in [-0.1, -0.05) is 12.1 Å². The third-order valence-corrected chi connectivity index (χ3v) is 2.01. The van der Waals surface area contributed by atoms with Crippen molar-refractivity contribution in [2.45, 2.75) is 12.5 Å². The van der Waals surface area contributed by atoms with Gasteiger partial charge in [0.2, 0.25) is 0 Å². The van der Waals surface area contributed by atoms with Crippen molar-refractivity contribution in [3.05, 3.63) is 29.8 Å². The lowest BCUT2D eigenvalue weighted by molar-refractivity contribution is -0.144. The molecule has 0 saturated carbocycles. The van der Waals surface area contributed by atoms with Crippen LogP contribution in [-0.4, -0.2) is 18.2 Å². The predicted molar refractivity (Wildman–Crippen MR) is 52.8 cm³/mol. The fourth-order valence-electron chi connectivity index (χ4n) is 1.17. The molecule has 0 aliphatic rings. The molecule has 1 rings (SSSR count). The van der Waals surface area contributed by atoms with Gasteiger partial charge in [0.1, 0.15) is 11.9 Å². The highest BCUT2D eigenvalue weighted by Gasteiger charge is 2.16. The Balaban J connectivity index is 2.74. The lowest BCUT2D eigenvalue weighted by Crippen LogP contribution is -2.14. The second-order valence-corrected chi connectivity index (χ2v) is 3.00. The van der Waals surface area contributed by atoms with Gasteiger partial charge in [-0.3, -0.25) is 9.63 Å². The van der Waals surface area contributed by atoms with Crippen molar-refractivity contribution in [3.63, 3.8) is 0 Å². The number of aromatic hydroxyl groups is 1. The quantitative estimate of drug-likeness (QED) is 0.570. The Morgan fingerprint density at radius 2 is 2.07 bits per heavy atom. The van der Waals surface area contributed by atoms with E-state index in [0.717, 1.165) is 0 Å².